The minimum atomic E-state index is -0.788. The zero-order valence-corrected chi connectivity index (χ0v) is 14.0. The smallest absolute Gasteiger partial charge is 0.407 e. The maximum atomic E-state index is 11.7. The van der Waals surface area contributed by atoms with Crippen LogP contribution < -0.4 is 10.6 Å². The van der Waals surface area contributed by atoms with Gasteiger partial charge in [0.05, 0.1) is 0 Å². The fourth-order valence-electron chi connectivity index (χ4n) is 1.64. The number of hydrogen-bond acceptors (Lipinski definition) is 5. The maximum absolute atomic E-state index is 11.7. The third kappa shape index (κ3) is 7.48. The largest absolute Gasteiger partial charge is 0.445 e. The molecule has 0 fully saturated rings. The second kappa shape index (κ2) is 10.1. The highest BCUT2D eigenvalue weighted by Crippen LogP contribution is 2.11. The summed E-state index contributed by atoms with van der Waals surface area (Å²) < 4.78 is 5.09. The van der Waals surface area contributed by atoms with Gasteiger partial charge in [-0.3, -0.25) is 4.79 Å². The number of alkyl carbamates (subject to hydrolysis) is 1. The predicted molar refractivity (Wildman–Crippen MR) is 90.4 cm³/mol. The van der Waals surface area contributed by atoms with Crippen molar-refractivity contribution in [2.24, 2.45) is 5.11 Å². The Bertz CT molecular complexity index is 596. The molecule has 0 saturated heterocycles. The molecule has 1 atom stereocenters. The third-order valence-corrected chi connectivity index (χ3v) is 3.02. The number of benzene rings is 1. The first kappa shape index (κ1) is 19.3. The Labute approximate surface area is 140 Å². The van der Waals surface area contributed by atoms with Crippen molar-refractivity contribution < 1.29 is 14.3 Å². The number of carbonyl (C=O) groups excluding carboxylic acids is 2. The molecule has 0 aliphatic carbocycles. The topological polar surface area (TPSA) is 119 Å². The van der Waals surface area contributed by atoms with Gasteiger partial charge in [-0.1, -0.05) is 17.2 Å². The summed E-state index contributed by atoms with van der Waals surface area (Å²) in [4.78, 5) is 27.7. The third-order valence-electron chi connectivity index (χ3n) is 3.02. The van der Waals surface area contributed by atoms with E-state index >= 15 is 0 Å². The molecule has 9 heteroatoms. The molecule has 1 aromatic carbocycles. The molecule has 2 N–H and O–H groups in total. The van der Waals surface area contributed by atoms with E-state index in [0.717, 1.165) is 12.1 Å². The van der Waals surface area contributed by atoms with Gasteiger partial charge >= 0.3 is 6.09 Å². The van der Waals surface area contributed by atoms with Crippen LogP contribution in [0.4, 0.5) is 10.5 Å². The quantitative estimate of drug-likeness (QED) is 0.430. The van der Waals surface area contributed by atoms with Crippen molar-refractivity contribution in [2.75, 3.05) is 32.5 Å². The molecule has 0 aliphatic rings. The lowest BCUT2D eigenvalue weighted by molar-refractivity contribution is -0.117. The summed E-state index contributed by atoms with van der Waals surface area (Å²) in [6, 6.07) is 6.05. The first-order valence-corrected chi connectivity index (χ1v) is 7.41. The number of hydrogen-bond donors (Lipinski definition) is 2. The van der Waals surface area contributed by atoms with E-state index in [-0.39, 0.29) is 6.61 Å². The second-order valence-corrected chi connectivity index (χ2v) is 5.37. The number of anilines is 1. The van der Waals surface area contributed by atoms with E-state index in [0.29, 0.717) is 12.2 Å². The van der Waals surface area contributed by atoms with E-state index in [1.165, 1.54) is 6.92 Å². The zero-order chi connectivity index (χ0) is 17.9. The fourth-order valence-corrected chi connectivity index (χ4v) is 1.64. The Kier molecular flexibility index (Phi) is 8.10. The van der Waals surface area contributed by atoms with Crippen molar-refractivity contribution in [1.82, 2.24) is 10.2 Å². The molecule has 9 nitrogen and oxygen atoms in total. The number of likely N-dealkylation sites (N-methyl/N-ethyl adjacent to an activating group) is 1. The van der Waals surface area contributed by atoms with Crippen LogP contribution >= 0.6 is 0 Å². The number of nitrogens with one attached hydrogen (secondary N) is 2. The van der Waals surface area contributed by atoms with Gasteiger partial charge in [-0.2, -0.15) is 0 Å². The van der Waals surface area contributed by atoms with E-state index in [4.69, 9.17) is 10.3 Å². The minimum absolute atomic E-state index is 0.136. The molecular weight excluding hydrogens is 312 g/mol. The van der Waals surface area contributed by atoms with Gasteiger partial charge < -0.3 is 20.3 Å². The van der Waals surface area contributed by atoms with E-state index in [1.54, 1.807) is 24.3 Å². The average Bonchev–Trinajstić information content (AvgIpc) is 2.54. The molecular formula is C15H22N6O3. The van der Waals surface area contributed by atoms with Crippen molar-refractivity contribution >= 4 is 17.7 Å². The van der Waals surface area contributed by atoms with Gasteiger partial charge in [0.2, 0.25) is 5.91 Å². The van der Waals surface area contributed by atoms with Crippen molar-refractivity contribution in [1.29, 1.82) is 0 Å². The van der Waals surface area contributed by atoms with Gasteiger partial charge in [-0.15, -0.1) is 0 Å². The highest BCUT2D eigenvalue weighted by Gasteiger charge is 2.10. The van der Waals surface area contributed by atoms with Gasteiger partial charge in [0.25, 0.3) is 0 Å². The molecule has 2 amide bonds. The molecule has 1 aromatic rings. The number of azide groups is 1. The van der Waals surface area contributed by atoms with Crippen LogP contribution in [0.1, 0.15) is 12.5 Å². The number of nitrogens with zero attached hydrogens (tertiary/aromatic N) is 4. The number of carbonyl (C=O) groups is 2. The SMILES string of the molecule is CC(N=[N+]=[N-])C(=O)Nc1ccc(COC(=O)NCCN(C)C)cc1. The first-order chi connectivity index (χ1) is 11.4. The molecule has 24 heavy (non-hydrogen) atoms. The average molecular weight is 334 g/mol. The van der Waals surface area contributed by atoms with Crippen molar-refractivity contribution in [2.45, 2.75) is 19.6 Å². The van der Waals surface area contributed by atoms with Crippen LogP contribution in [0, 0.1) is 0 Å². The van der Waals surface area contributed by atoms with Crippen molar-refractivity contribution in [3.8, 4) is 0 Å². The fraction of sp³-hybridized carbons (Fsp3) is 0.467. The standard InChI is InChI=1S/C15H22N6O3/c1-11(19-20-16)14(22)18-13-6-4-12(5-7-13)10-24-15(23)17-8-9-21(2)3/h4-7,11H,8-10H2,1-3H3,(H,17,23)(H,18,22). The van der Waals surface area contributed by atoms with Crippen LogP contribution in [0.3, 0.4) is 0 Å². The summed E-state index contributed by atoms with van der Waals surface area (Å²) >= 11 is 0. The van der Waals surface area contributed by atoms with Gasteiger partial charge in [-0.25, -0.2) is 4.79 Å². The minimum Gasteiger partial charge on any atom is -0.445 e. The van der Waals surface area contributed by atoms with Gasteiger partial charge in [-0.05, 0) is 44.2 Å². The van der Waals surface area contributed by atoms with Crippen LogP contribution in [0.25, 0.3) is 10.4 Å². The lowest BCUT2D eigenvalue weighted by Crippen LogP contribution is -2.31. The lowest BCUT2D eigenvalue weighted by Gasteiger charge is -2.11. The van der Waals surface area contributed by atoms with Crippen molar-refractivity contribution in [3.63, 3.8) is 0 Å². The summed E-state index contributed by atoms with van der Waals surface area (Å²) in [5.74, 6) is -0.392. The van der Waals surface area contributed by atoms with Gasteiger partial charge in [0, 0.05) is 23.7 Å². The molecule has 1 rings (SSSR count). The predicted octanol–water partition coefficient (Wildman–Crippen LogP) is 2.11. The second-order valence-electron chi connectivity index (χ2n) is 5.37. The van der Waals surface area contributed by atoms with Crippen LogP contribution in [-0.2, 0) is 16.1 Å². The van der Waals surface area contributed by atoms with Gasteiger partial charge in [0.15, 0.2) is 0 Å². The summed E-state index contributed by atoms with van der Waals surface area (Å²) in [5, 5.41) is 8.60. The molecule has 0 saturated carbocycles. The highest BCUT2D eigenvalue weighted by atomic mass is 16.5. The Morgan fingerprint density at radius 2 is 2.00 bits per heavy atom. The molecule has 1 unspecified atom stereocenters. The maximum Gasteiger partial charge on any atom is 0.407 e. The molecule has 0 spiro atoms. The number of ether oxygens (including phenoxy) is 1. The van der Waals surface area contributed by atoms with Crippen LogP contribution in [0.2, 0.25) is 0 Å². The Morgan fingerprint density at radius 1 is 1.33 bits per heavy atom. The van der Waals surface area contributed by atoms with Crippen molar-refractivity contribution in [3.05, 3.63) is 40.3 Å². The Hall–Kier alpha value is -2.77. The normalized spacial score (nSPS) is 11.3. The highest BCUT2D eigenvalue weighted by molar-refractivity contribution is 5.94. The summed E-state index contributed by atoms with van der Waals surface area (Å²) in [6.07, 6.45) is -0.475. The number of rotatable bonds is 8. The summed E-state index contributed by atoms with van der Waals surface area (Å²) in [5.41, 5.74) is 9.66. The molecule has 0 bridgehead atoms. The van der Waals surface area contributed by atoms with E-state index in [2.05, 4.69) is 20.7 Å². The first-order valence-electron chi connectivity index (χ1n) is 7.41. The lowest BCUT2D eigenvalue weighted by atomic mass is 10.2. The zero-order valence-electron chi connectivity index (χ0n) is 14.0. The molecule has 130 valence electrons. The summed E-state index contributed by atoms with van der Waals surface area (Å²) in [7, 11) is 3.83. The Morgan fingerprint density at radius 3 is 2.58 bits per heavy atom. The van der Waals surface area contributed by atoms with Crippen LogP contribution in [0.5, 0.6) is 0 Å². The number of amides is 2. The molecule has 0 radical (unpaired) electrons. The van der Waals surface area contributed by atoms with Crippen LogP contribution in [-0.4, -0.2) is 50.1 Å². The molecule has 0 aromatic heterocycles. The molecule has 0 heterocycles. The van der Waals surface area contributed by atoms with Crippen LogP contribution in [0.15, 0.2) is 29.4 Å². The Balaban J connectivity index is 2.40. The summed E-state index contributed by atoms with van der Waals surface area (Å²) in [6.45, 7) is 2.89. The monoisotopic (exact) mass is 334 g/mol. The van der Waals surface area contributed by atoms with E-state index in [1.807, 2.05) is 19.0 Å². The van der Waals surface area contributed by atoms with E-state index in [9.17, 15) is 9.59 Å². The van der Waals surface area contributed by atoms with E-state index < -0.39 is 18.0 Å². The van der Waals surface area contributed by atoms with Gasteiger partial charge in [0.1, 0.15) is 12.6 Å². The molecule has 0 aliphatic heterocycles.